The lowest BCUT2D eigenvalue weighted by Crippen LogP contribution is -2.10. The summed E-state index contributed by atoms with van der Waals surface area (Å²) in [5, 5.41) is 6.62. The van der Waals surface area contributed by atoms with Crippen molar-refractivity contribution in [3.8, 4) is 27.9 Å². The molecule has 2 aromatic heterocycles. The van der Waals surface area contributed by atoms with E-state index in [2.05, 4.69) is 167 Å². The second-order valence-electron chi connectivity index (χ2n) is 14.3. The van der Waals surface area contributed by atoms with Crippen LogP contribution >= 0.6 is 0 Å². The van der Waals surface area contributed by atoms with Crippen molar-refractivity contribution < 1.29 is 8.81 Å². The molecule has 0 spiro atoms. The van der Waals surface area contributed by atoms with Crippen molar-refractivity contribution in [1.82, 2.24) is 4.57 Å². The van der Waals surface area contributed by atoms with Crippen LogP contribution < -0.4 is 4.90 Å². The number of benzene rings is 9. The normalized spacial score (nSPS) is 11.7. The van der Waals surface area contributed by atoms with Gasteiger partial charge in [0.2, 0.25) is 0 Å². The highest BCUT2D eigenvalue weighted by molar-refractivity contribution is 6.10. The Bertz CT molecular complexity index is 3250. The molecule has 0 radical (unpaired) electrons. The number of halogens is 1. The minimum Gasteiger partial charge on any atom is -0.455 e. The molecule has 56 heavy (non-hydrogen) atoms. The number of anilines is 3. The summed E-state index contributed by atoms with van der Waals surface area (Å²) in [5.74, 6) is -0.238. The van der Waals surface area contributed by atoms with Gasteiger partial charge in [-0.05, 0) is 112 Å². The third-order valence-electron chi connectivity index (χ3n) is 11.0. The number of aromatic nitrogens is 1. The van der Waals surface area contributed by atoms with Gasteiger partial charge in [0, 0.05) is 49.9 Å². The standard InChI is InChI=1S/C52H33FN2O/c53-39-22-31-50-48(33-39)45-10-3-5-14-49(45)55(50)43-29-27-42(28-30-43)54(40-23-18-35(19-24-40)38-17-16-34-8-1-2-9-37(34)32-38)41-25-20-36(21-26-41)44-12-7-13-47-46-11-4-6-15-51(46)56-52(44)47/h1-33H. The predicted molar refractivity (Wildman–Crippen MR) is 231 cm³/mol. The van der Waals surface area contributed by atoms with Crippen LogP contribution in [0.1, 0.15) is 0 Å². The lowest BCUT2D eigenvalue weighted by Gasteiger charge is -2.26. The maximum atomic E-state index is 14.4. The Kier molecular flexibility index (Phi) is 7.36. The van der Waals surface area contributed by atoms with E-state index in [4.69, 9.17) is 4.42 Å². The van der Waals surface area contributed by atoms with Crippen molar-refractivity contribution >= 4 is 71.6 Å². The zero-order chi connectivity index (χ0) is 37.2. The highest BCUT2D eigenvalue weighted by atomic mass is 19.1. The van der Waals surface area contributed by atoms with E-state index in [9.17, 15) is 4.39 Å². The number of rotatable bonds is 6. The highest BCUT2D eigenvalue weighted by Gasteiger charge is 2.18. The lowest BCUT2D eigenvalue weighted by atomic mass is 10.0. The molecular formula is C52H33FN2O. The largest absolute Gasteiger partial charge is 0.455 e. The Hall–Kier alpha value is -7.43. The third kappa shape index (κ3) is 5.26. The quantitative estimate of drug-likeness (QED) is 0.171. The van der Waals surface area contributed by atoms with E-state index in [-0.39, 0.29) is 5.82 Å². The Morgan fingerprint density at radius 2 is 1.02 bits per heavy atom. The van der Waals surface area contributed by atoms with Crippen LogP contribution in [0.3, 0.4) is 0 Å². The summed E-state index contributed by atoms with van der Waals surface area (Å²) >= 11 is 0. The number of hydrogen-bond acceptors (Lipinski definition) is 2. The molecule has 2 heterocycles. The fourth-order valence-electron chi connectivity index (χ4n) is 8.36. The van der Waals surface area contributed by atoms with Crippen LogP contribution in [0.4, 0.5) is 21.5 Å². The first-order valence-corrected chi connectivity index (χ1v) is 18.9. The summed E-state index contributed by atoms with van der Waals surface area (Å²) in [5.41, 5.74) is 12.4. The van der Waals surface area contributed by atoms with E-state index in [1.54, 1.807) is 6.07 Å². The van der Waals surface area contributed by atoms with Gasteiger partial charge >= 0.3 is 0 Å². The topological polar surface area (TPSA) is 21.3 Å². The van der Waals surface area contributed by atoms with Crippen LogP contribution in [0.5, 0.6) is 0 Å². The molecule has 0 saturated carbocycles. The van der Waals surface area contributed by atoms with E-state index in [1.807, 2.05) is 30.3 Å². The molecule has 11 rings (SSSR count). The van der Waals surface area contributed by atoms with Crippen molar-refractivity contribution in [3.05, 3.63) is 206 Å². The average molecular weight is 721 g/mol. The number of hydrogen-bond donors (Lipinski definition) is 0. The van der Waals surface area contributed by atoms with Crippen LogP contribution in [0.15, 0.2) is 205 Å². The maximum absolute atomic E-state index is 14.4. The van der Waals surface area contributed by atoms with Crippen molar-refractivity contribution in [2.45, 2.75) is 0 Å². The van der Waals surface area contributed by atoms with Crippen LogP contribution in [0, 0.1) is 5.82 Å². The maximum Gasteiger partial charge on any atom is 0.143 e. The number of para-hydroxylation sites is 3. The monoisotopic (exact) mass is 720 g/mol. The summed E-state index contributed by atoms with van der Waals surface area (Å²) < 4.78 is 23.0. The predicted octanol–water partition coefficient (Wildman–Crippen LogP) is 14.8. The second kappa shape index (κ2) is 12.9. The fraction of sp³-hybridized carbons (Fsp3) is 0. The number of nitrogens with zero attached hydrogens (tertiary/aromatic N) is 2. The van der Waals surface area contributed by atoms with Gasteiger partial charge in [-0.2, -0.15) is 0 Å². The van der Waals surface area contributed by atoms with Gasteiger partial charge in [0.15, 0.2) is 0 Å². The SMILES string of the molecule is Fc1ccc2c(c1)c1ccccc1n2-c1ccc(N(c2ccc(-c3ccc4ccccc4c3)cc2)c2ccc(-c3cccc4c3oc3ccccc34)cc2)cc1. The molecule has 11 aromatic rings. The van der Waals surface area contributed by atoms with E-state index < -0.39 is 0 Å². The van der Waals surface area contributed by atoms with E-state index in [1.165, 1.54) is 22.4 Å². The van der Waals surface area contributed by atoms with Gasteiger partial charge in [-0.1, -0.05) is 115 Å². The van der Waals surface area contributed by atoms with E-state index in [0.29, 0.717) is 0 Å². The Labute approximate surface area is 322 Å². The van der Waals surface area contributed by atoms with Crippen molar-refractivity contribution in [1.29, 1.82) is 0 Å². The molecule has 264 valence electrons. The molecule has 0 amide bonds. The van der Waals surface area contributed by atoms with E-state index >= 15 is 0 Å². The van der Waals surface area contributed by atoms with Gasteiger partial charge in [-0.15, -0.1) is 0 Å². The molecule has 0 N–H and O–H groups in total. The minimum absolute atomic E-state index is 0.238. The van der Waals surface area contributed by atoms with Crippen LogP contribution in [-0.4, -0.2) is 4.57 Å². The van der Waals surface area contributed by atoms with Crippen molar-refractivity contribution in [2.24, 2.45) is 0 Å². The first-order chi connectivity index (χ1) is 27.7. The molecule has 0 aliphatic carbocycles. The summed E-state index contributed by atoms with van der Waals surface area (Å²) in [6.07, 6.45) is 0. The molecule has 0 aliphatic rings. The Morgan fingerprint density at radius 1 is 0.411 bits per heavy atom. The zero-order valence-electron chi connectivity index (χ0n) is 30.2. The molecule has 0 saturated heterocycles. The summed E-state index contributed by atoms with van der Waals surface area (Å²) in [6.45, 7) is 0. The van der Waals surface area contributed by atoms with Gasteiger partial charge in [0.25, 0.3) is 0 Å². The van der Waals surface area contributed by atoms with Crippen LogP contribution in [-0.2, 0) is 0 Å². The zero-order valence-corrected chi connectivity index (χ0v) is 30.2. The minimum atomic E-state index is -0.238. The third-order valence-corrected chi connectivity index (χ3v) is 11.0. The van der Waals surface area contributed by atoms with Gasteiger partial charge < -0.3 is 13.9 Å². The summed E-state index contributed by atoms with van der Waals surface area (Å²) in [7, 11) is 0. The van der Waals surface area contributed by atoms with Crippen molar-refractivity contribution in [2.75, 3.05) is 4.90 Å². The molecule has 0 fully saturated rings. The number of furan rings is 1. The molecule has 3 nitrogen and oxygen atoms in total. The van der Waals surface area contributed by atoms with Crippen molar-refractivity contribution in [3.63, 3.8) is 0 Å². The smallest absolute Gasteiger partial charge is 0.143 e. The molecule has 0 aliphatic heterocycles. The molecule has 4 heteroatoms. The molecular weight excluding hydrogens is 688 g/mol. The number of fused-ring (bicyclic) bond motifs is 7. The Balaban J connectivity index is 1.01. The average Bonchev–Trinajstić information content (AvgIpc) is 3.80. The molecule has 0 bridgehead atoms. The lowest BCUT2D eigenvalue weighted by molar-refractivity contribution is 0.629. The van der Waals surface area contributed by atoms with Crippen LogP contribution in [0.25, 0.3) is 82.5 Å². The van der Waals surface area contributed by atoms with Gasteiger partial charge in [-0.25, -0.2) is 4.39 Å². The van der Waals surface area contributed by atoms with Crippen LogP contribution in [0.2, 0.25) is 0 Å². The summed E-state index contributed by atoms with van der Waals surface area (Å²) in [4.78, 5) is 2.29. The first-order valence-electron chi connectivity index (χ1n) is 18.9. The Morgan fingerprint density at radius 3 is 1.80 bits per heavy atom. The fourth-order valence-corrected chi connectivity index (χ4v) is 8.36. The van der Waals surface area contributed by atoms with Gasteiger partial charge in [0.05, 0.1) is 11.0 Å². The molecule has 0 unspecified atom stereocenters. The van der Waals surface area contributed by atoms with E-state index in [0.717, 1.165) is 83.2 Å². The first kappa shape index (κ1) is 32.0. The highest BCUT2D eigenvalue weighted by Crippen LogP contribution is 2.41. The summed E-state index contributed by atoms with van der Waals surface area (Å²) in [6, 6.07) is 69.1. The second-order valence-corrected chi connectivity index (χ2v) is 14.3. The molecule has 0 atom stereocenters. The van der Waals surface area contributed by atoms with Gasteiger partial charge in [0.1, 0.15) is 17.0 Å². The van der Waals surface area contributed by atoms with Gasteiger partial charge in [-0.3, -0.25) is 0 Å². The molecule has 9 aromatic carbocycles.